The van der Waals surface area contributed by atoms with Gasteiger partial charge in [0.25, 0.3) is 0 Å². The lowest BCUT2D eigenvalue weighted by atomic mass is 9.98. The Bertz CT molecular complexity index is 397. The van der Waals surface area contributed by atoms with E-state index in [1.165, 1.54) is 0 Å². The summed E-state index contributed by atoms with van der Waals surface area (Å²) in [6.45, 7) is 2.71. The van der Waals surface area contributed by atoms with Crippen LogP contribution in [0.1, 0.15) is 32.6 Å². The monoisotopic (exact) mass is 267 g/mol. The number of hydrogen-bond donors (Lipinski definition) is 2. The normalized spacial score (nSPS) is 43.8. The summed E-state index contributed by atoms with van der Waals surface area (Å²) in [5.74, 6) is -0.0653. The number of rotatable bonds is 5. The van der Waals surface area contributed by atoms with E-state index in [4.69, 9.17) is 9.84 Å². The van der Waals surface area contributed by atoms with Gasteiger partial charge in [-0.3, -0.25) is 9.59 Å². The zero-order valence-electron chi connectivity index (χ0n) is 11.2. The minimum Gasteiger partial charge on any atom is -0.481 e. The van der Waals surface area contributed by atoms with Crippen LogP contribution in [0.3, 0.4) is 0 Å². The van der Waals surface area contributed by atoms with E-state index in [2.05, 4.69) is 5.32 Å². The van der Waals surface area contributed by atoms with Crippen molar-refractivity contribution < 1.29 is 19.4 Å². The van der Waals surface area contributed by atoms with Gasteiger partial charge in [-0.15, -0.1) is 0 Å². The van der Waals surface area contributed by atoms with Crippen LogP contribution in [0.25, 0.3) is 0 Å². The van der Waals surface area contributed by atoms with Crippen molar-refractivity contribution in [3.63, 3.8) is 0 Å². The van der Waals surface area contributed by atoms with Crippen LogP contribution in [0.5, 0.6) is 0 Å². The molecule has 0 unspecified atom stereocenters. The van der Waals surface area contributed by atoms with E-state index in [0.717, 1.165) is 25.7 Å². The average molecular weight is 267 g/mol. The topological polar surface area (TPSA) is 75.6 Å². The van der Waals surface area contributed by atoms with Crippen LogP contribution in [0.2, 0.25) is 0 Å². The van der Waals surface area contributed by atoms with E-state index < -0.39 is 5.97 Å². The van der Waals surface area contributed by atoms with Crippen molar-refractivity contribution in [3.05, 3.63) is 0 Å². The van der Waals surface area contributed by atoms with Gasteiger partial charge in [0, 0.05) is 12.6 Å². The molecule has 106 valence electrons. The third-order valence-electron chi connectivity index (χ3n) is 4.82. The molecule has 3 rings (SSSR count). The molecule has 1 amide bonds. The smallest absolute Gasteiger partial charge is 0.306 e. The van der Waals surface area contributed by atoms with Gasteiger partial charge in [0.05, 0.1) is 17.9 Å². The highest BCUT2D eigenvalue weighted by atomic mass is 16.5. The van der Waals surface area contributed by atoms with Crippen LogP contribution in [0, 0.1) is 23.7 Å². The average Bonchev–Trinajstić information content (AvgIpc) is 3.25. The molecule has 3 fully saturated rings. The van der Waals surface area contributed by atoms with Crippen LogP contribution in [0.15, 0.2) is 0 Å². The maximum absolute atomic E-state index is 12.2. The molecule has 0 spiro atoms. The summed E-state index contributed by atoms with van der Waals surface area (Å²) in [6.07, 6.45) is 3.48. The van der Waals surface area contributed by atoms with Crippen LogP contribution in [-0.2, 0) is 14.3 Å². The van der Waals surface area contributed by atoms with Crippen molar-refractivity contribution in [1.82, 2.24) is 5.32 Å². The number of nitrogens with one attached hydrogen (secondary N) is 1. The van der Waals surface area contributed by atoms with Crippen molar-refractivity contribution in [2.75, 3.05) is 6.61 Å². The Kier molecular flexibility index (Phi) is 3.25. The molecule has 6 atom stereocenters. The molecule has 0 radical (unpaired) electrons. The molecule has 2 aliphatic carbocycles. The maximum Gasteiger partial charge on any atom is 0.306 e. The molecule has 5 heteroatoms. The van der Waals surface area contributed by atoms with Crippen molar-refractivity contribution >= 4 is 11.9 Å². The van der Waals surface area contributed by atoms with Crippen LogP contribution >= 0.6 is 0 Å². The minimum absolute atomic E-state index is 0.0132. The zero-order valence-corrected chi connectivity index (χ0v) is 11.2. The summed E-state index contributed by atoms with van der Waals surface area (Å²) in [7, 11) is 0. The largest absolute Gasteiger partial charge is 0.481 e. The minimum atomic E-state index is -0.683. The predicted octanol–water partition coefficient (Wildman–Crippen LogP) is 1.03. The molecule has 1 saturated heterocycles. The summed E-state index contributed by atoms with van der Waals surface area (Å²) in [6, 6.07) is 0.208. The Labute approximate surface area is 112 Å². The van der Waals surface area contributed by atoms with Crippen LogP contribution in [0.4, 0.5) is 0 Å². The Morgan fingerprint density at radius 1 is 1.26 bits per heavy atom. The highest BCUT2D eigenvalue weighted by Gasteiger charge is 2.57. The number of ether oxygens (including phenoxy) is 1. The summed E-state index contributed by atoms with van der Waals surface area (Å²) >= 11 is 0. The molecule has 2 saturated carbocycles. The first-order valence-electron chi connectivity index (χ1n) is 7.26. The molecular weight excluding hydrogens is 246 g/mol. The molecule has 0 aromatic rings. The van der Waals surface area contributed by atoms with Crippen molar-refractivity contribution in [1.29, 1.82) is 0 Å². The molecule has 19 heavy (non-hydrogen) atoms. The molecule has 3 aliphatic rings. The first kappa shape index (κ1) is 12.9. The number of carbonyl (C=O) groups excluding carboxylic acids is 1. The second-order valence-electron chi connectivity index (χ2n) is 6.07. The van der Waals surface area contributed by atoms with E-state index in [-0.39, 0.29) is 29.9 Å². The lowest BCUT2D eigenvalue weighted by molar-refractivity contribution is -0.138. The van der Waals surface area contributed by atoms with Crippen LogP contribution in [-0.4, -0.2) is 35.7 Å². The van der Waals surface area contributed by atoms with E-state index in [9.17, 15) is 9.59 Å². The number of carbonyl (C=O) groups is 2. The molecule has 1 aliphatic heterocycles. The lowest BCUT2D eigenvalue weighted by Gasteiger charge is -2.16. The number of carboxylic acids is 1. The Hall–Kier alpha value is -1.10. The fourth-order valence-electron chi connectivity index (χ4n) is 3.47. The van der Waals surface area contributed by atoms with Crippen molar-refractivity contribution in [3.8, 4) is 0 Å². The van der Waals surface area contributed by atoms with Gasteiger partial charge in [-0.05, 0) is 37.5 Å². The fourth-order valence-corrected chi connectivity index (χ4v) is 3.47. The second kappa shape index (κ2) is 4.78. The first-order chi connectivity index (χ1) is 9.11. The molecule has 0 aromatic heterocycles. The Morgan fingerprint density at radius 2 is 2.05 bits per heavy atom. The fraction of sp³-hybridized carbons (Fsp3) is 0.857. The molecular formula is C14H21NO4. The van der Waals surface area contributed by atoms with E-state index in [1.54, 1.807) is 0 Å². The van der Waals surface area contributed by atoms with Gasteiger partial charge in [-0.1, -0.05) is 6.92 Å². The number of carboxylic acid groups (broad SMARTS) is 1. The van der Waals surface area contributed by atoms with Gasteiger partial charge in [-0.2, -0.15) is 0 Å². The van der Waals surface area contributed by atoms with Gasteiger partial charge in [0.1, 0.15) is 0 Å². The first-order valence-corrected chi connectivity index (χ1v) is 7.26. The van der Waals surface area contributed by atoms with E-state index in [1.807, 2.05) is 6.92 Å². The molecule has 1 heterocycles. The van der Waals surface area contributed by atoms with Gasteiger partial charge < -0.3 is 15.2 Å². The highest BCUT2D eigenvalue weighted by molar-refractivity contribution is 5.80. The SMILES string of the molecule is CC[C@@H]1OCC[C@H]1C(=O)N[C@@H]1C[C@@H]1[C@@H]1C[C@@H]1C(=O)O. The van der Waals surface area contributed by atoms with E-state index in [0.29, 0.717) is 18.4 Å². The standard InChI is InChI=1S/C14H21NO4/c1-2-12-7(3-4-19-12)13(16)15-11-6-9(11)8-5-10(8)14(17)18/h7-12H,2-6H2,1H3,(H,15,16)(H,17,18)/t7-,8+,9-,10+,11-,12+/m1/s1. The van der Waals surface area contributed by atoms with Gasteiger partial charge in [0.15, 0.2) is 0 Å². The number of hydrogen-bond acceptors (Lipinski definition) is 3. The Morgan fingerprint density at radius 3 is 2.68 bits per heavy atom. The van der Waals surface area contributed by atoms with E-state index >= 15 is 0 Å². The molecule has 0 bridgehead atoms. The predicted molar refractivity (Wildman–Crippen MR) is 67.4 cm³/mol. The maximum atomic E-state index is 12.2. The number of amides is 1. The summed E-state index contributed by atoms with van der Waals surface area (Å²) in [5.41, 5.74) is 0. The number of aliphatic carboxylic acids is 1. The quantitative estimate of drug-likeness (QED) is 0.780. The lowest BCUT2D eigenvalue weighted by Crippen LogP contribution is -2.37. The summed E-state index contributed by atoms with van der Waals surface area (Å²) in [5, 5.41) is 12.0. The van der Waals surface area contributed by atoms with Crippen molar-refractivity contribution in [2.24, 2.45) is 23.7 Å². The van der Waals surface area contributed by atoms with Crippen molar-refractivity contribution in [2.45, 2.75) is 44.8 Å². The highest BCUT2D eigenvalue weighted by Crippen LogP contribution is 2.54. The molecule has 0 aromatic carbocycles. The third-order valence-corrected chi connectivity index (χ3v) is 4.82. The Balaban J connectivity index is 1.46. The van der Waals surface area contributed by atoms with Gasteiger partial charge >= 0.3 is 5.97 Å². The van der Waals surface area contributed by atoms with Crippen LogP contribution < -0.4 is 5.32 Å². The zero-order chi connectivity index (χ0) is 13.6. The third kappa shape index (κ3) is 2.48. The van der Waals surface area contributed by atoms with Gasteiger partial charge in [0.2, 0.25) is 5.91 Å². The van der Waals surface area contributed by atoms with Gasteiger partial charge in [-0.25, -0.2) is 0 Å². The second-order valence-corrected chi connectivity index (χ2v) is 6.07. The summed E-state index contributed by atoms with van der Waals surface area (Å²) < 4.78 is 5.53. The summed E-state index contributed by atoms with van der Waals surface area (Å²) in [4.78, 5) is 23.0. The molecule has 2 N–H and O–H groups in total. The molecule has 5 nitrogen and oxygen atoms in total.